The average Bonchev–Trinajstić information content (AvgIpc) is 3.41. The molecule has 3 N–H and O–H groups in total. The molecule has 0 bridgehead atoms. The lowest BCUT2D eigenvalue weighted by Gasteiger charge is -2.44. The van der Waals surface area contributed by atoms with Gasteiger partial charge < -0.3 is 20.3 Å². The summed E-state index contributed by atoms with van der Waals surface area (Å²) in [6.07, 6.45) is 1.37. The number of ether oxygens (including phenoxy) is 1. The van der Waals surface area contributed by atoms with E-state index in [1.165, 1.54) is 17.0 Å². The van der Waals surface area contributed by atoms with E-state index in [0.29, 0.717) is 24.1 Å². The minimum Gasteiger partial charge on any atom is -0.505 e. The van der Waals surface area contributed by atoms with E-state index in [9.17, 15) is 24.2 Å². The number of fused-ring (bicyclic) bond motifs is 3. The molecule has 0 spiro atoms. The number of halogens is 1. The van der Waals surface area contributed by atoms with Crippen LogP contribution >= 0.6 is 0 Å². The third-order valence-corrected chi connectivity index (χ3v) is 8.53. The third kappa shape index (κ3) is 4.28. The van der Waals surface area contributed by atoms with Crippen LogP contribution in [0.4, 0.5) is 21.5 Å². The number of hydrogen-bond donors (Lipinski definition) is 3. The molecule has 2 aliphatic heterocycles. The first-order valence-electron chi connectivity index (χ1n) is 13.5. The molecule has 2 heterocycles. The number of carbonyl (C=O) groups excluding carboxylic acids is 2. The van der Waals surface area contributed by atoms with E-state index in [0.717, 1.165) is 17.8 Å². The summed E-state index contributed by atoms with van der Waals surface area (Å²) in [5, 5.41) is 24.8. The van der Waals surface area contributed by atoms with Gasteiger partial charge in [0.1, 0.15) is 0 Å². The van der Waals surface area contributed by atoms with Crippen LogP contribution in [-0.4, -0.2) is 27.8 Å². The van der Waals surface area contributed by atoms with E-state index in [4.69, 9.17) is 4.74 Å². The number of benzene rings is 3. The van der Waals surface area contributed by atoms with E-state index >= 15 is 0 Å². The van der Waals surface area contributed by atoms with Crippen LogP contribution in [-0.2, 0) is 14.3 Å². The Morgan fingerprint density at radius 2 is 1.72 bits per heavy atom. The highest BCUT2D eigenvalue weighted by atomic mass is 19.1. The average molecular weight is 531 g/mol. The number of phenols is 1. The number of amides is 2. The molecular formula is C31H31FN2O5. The maximum absolute atomic E-state index is 14.1. The molecule has 39 heavy (non-hydrogen) atoms. The van der Waals surface area contributed by atoms with Gasteiger partial charge in [-0.3, -0.25) is 14.5 Å². The second-order valence-corrected chi connectivity index (χ2v) is 10.8. The first-order chi connectivity index (χ1) is 18.8. The molecule has 6 rings (SSSR count). The summed E-state index contributed by atoms with van der Waals surface area (Å²) in [4.78, 5) is 28.8. The Bertz CT molecular complexity index is 1400. The highest BCUT2D eigenvalue weighted by Gasteiger charge is 2.66. The van der Waals surface area contributed by atoms with Crippen LogP contribution in [0.25, 0.3) is 0 Å². The molecule has 7 nitrogen and oxygen atoms in total. The molecule has 3 aliphatic rings. The van der Waals surface area contributed by atoms with Gasteiger partial charge in [0.05, 0.1) is 23.6 Å². The minimum absolute atomic E-state index is 0.254. The van der Waals surface area contributed by atoms with Crippen molar-refractivity contribution in [2.24, 2.45) is 23.7 Å². The number of imide groups is 1. The second kappa shape index (κ2) is 9.77. The van der Waals surface area contributed by atoms with E-state index in [1.807, 2.05) is 49.4 Å². The number of para-hydroxylation sites is 1. The zero-order valence-corrected chi connectivity index (χ0v) is 21.6. The molecule has 2 amide bonds. The molecule has 0 aromatic heterocycles. The normalized spacial score (nSPS) is 29.8. The van der Waals surface area contributed by atoms with Crippen LogP contribution in [0.1, 0.15) is 44.3 Å². The SMILES string of the molecule is CCC[C@H]1C[C@@H]2C(=O)N(c3ccc(Nc4ccccc4)cc3)C(=O)[C@@H]2[C@@H]2C[C@@H](c3ccc(O)c(F)c3)O[C@]12O. The van der Waals surface area contributed by atoms with E-state index in [2.05, 4.69) is 5.32 Å². The van der Waals surface area contributed by atoms with Gasteiger partial charge in [-0.05, 0) is 73.4 Å². The van der Waals surface area contributed by atoms with Gasteiger partial charge in [-0.15, -0.1) is 0 Å². The lowest BCUT2D eigenvalue weighted by atomic mass is 9.63. The smallest absolute Gasteiger partial charge is 0.238 e. The zero-order valence-electron chi connectivity index (χ0n) is 21.6. The third-order valence-electron chi connectivity index (χ3n) is 8.53. The van der Waals surface area contributed by atoms with Crippen molar-refractivity contribution < 1.29 is 28.9 Å². The Morgan fingerprint density at radius 3 is 2.41 bits per heavy atom. The van der Waals surface area contributed by atoms with Gasteiger partial charge in [-0.2, -0.15) is 0 Å². The number of nitrogens with zero attached hydrogens (tertiary/aromatic N) is 1. The van der Waals surface area contributed by atoms with Crippen LogP contribution in [0, 0.1) is 29.5 Å². The lowest BCUT2D eigenvalue weighted by molar-refractivity contribution is -0.270. The summed E-state index contributed by atoms with van der Waals surface area (Å²) in [5.41, 5.74) is 2.72. The van der Waals surface area contributed by atoms with Crippen molar-refractivity contribution in [2.75, 3.05) is 10.2 Å². The van der Waals surface area contributed by atoms with Crippen LogP contribution in [0.3, 0.4) is 0 Å². The van der Waals surface area contributed by atoms with Crippen LogP contribution in [0.2, 0.25) is 0 Å². The quantitative estimate of drug-likeness (QED) is 0.356. The van der Waals surface area contributed by atoms with Crippen molar-refractivity contribution in [3.05, 3.63) is 84.2 Å². The summed E-state index contributed by atoms with van der Waals surface area (Å²) in [6, 6.07) is 20.9. The number of aliphatic hydroxyl groups is 1. The summed E-state index contributed by atoms with van der Waals surface area (Å²) in [6.45, 7) is 2.01. The molecule has 1 aliphatic carbocycles. The lowest BCUT2D eigenvalue weighted by Crippen LogP contribution is -2.53. The highest BCUT2D eigenvalue weighted by Crippen LogP contribution is 2.59. The Kier molecular flexibility index (Phi) is 6.40. The molecule has 3 aromatic rings. The van der Waals surface area contributed by atoms with Crippen LogP contribution in [0.15, 0.2) is 72.8 Å². The van der Waals surface area contributed by atoms with Gasteiger partial charge in [-0.1, -0.05) is 37.6 Å². The molecule has 202 valence electrons. The van der Waals surface area contributed by atoms with Crippen molar-refractivity contribution in [3.63, 3.8) is 0 Å². The maximum atomic E-state index is 14.1. The molecule has 1 saturated carbocycles. The van der Waals surface area contributed by atoms with E-state index < -0.39 is 41.2 Å². The van der Waals surface area contributed by atoms with E-state index in [1.54, 1.807) is 18.2 Å². The fraction of sp³-hybridized carbons (Fsp3) is 0.355. The van der Waals surface area contributed by atoms with E-state index in [-0.39, 0.29) is 24.2 Å². The topological polar surface area (TPSA) is 99.1 Å². The molecule has 2 saturated heterocycles. The summed E-state index contributed by atoms with van der Waals surface area (Å²) in [5.74, 6) is -5.68. The highest BCUT2D eigenvalue weighted by molar-refractivity contribution is 6.22. The van der Waals surface area contributed by atoms with Crippen LogP contribution in [0.5, 0.6) is 5.75 Å². The predicted octanol–water partition coefficient (Wildman–Crippen LogP) is 5.67. The second-order valence-electron chi connectivity index (χ2n) is 10.8. The first kappa shape index (κ1) is 25.5. The molecule has 3 aromatic carbocycles. The van der Waals surface area contributed by atoms with Crippen molar-refractivity contribution in [3.8, 4) is 5.75 Å². The largest absolute Gasteiger partial charge is 0.505 e. The predicted molar refractivity (Wildman–Crippen MR) is 144 cm³/mol. The number of aromatic hydroxyl groups is 1. The number of nitrogens with one attached hydrogen (secondary N) is 1. The molecule has 3 fully saturated rings. The molecule has 6 atom stereocenters. The minimum atomic E-state index is -1.61. The molecule has 0 unspecified atom stereocenters. The number of carbonyl (C=O) groups is 2. The fourth-order valence-corrected chi connectivity index (χ4v) is 6.73. The monoisotopic (exact) mass is 530 g/mol. The van der Waals surface area contributed by atoms with Gasteiger partial charge in [0, 0.05) is 23.2 Å². The maximum Gasteiger partial charge on any atom is 0.238 e. The Morgan fingerprint density at radius 1 is 1.00 bits per heavy atom. The van der Waals surface area contributed by atoms with Crippen molar-refractivity contribution in [1.29, 1.82) is 0 Å². The van der Waals surface area contributed by atoms with Crippen molar-refractivity contribution >= 4 is 28.9 Å². The summed E-state index contributed by atoms with van der Waals surface area (Å²) < 4.78 is 20.4. The van der Waals surface area contributed by atoms with Crippen LogP contribution < -0.4 is 10.2 Å². The van der Waals surface area contributed by atoms with Gasteiger partial charge in [-0.25, -0.2) is 4.39 Å². The first-order valence-corrected chi connectivity index (χ1v) is 13.5. The van der Waals surface area contributed by atoms with Crippen molar-refractivity contribution in [1.82, 2.24) is 0 Å². The Balaban J connectivity index is 1.29. The number of anilines is 3. The van der Waals surface area contributed by atoms with Gasteiger partial charge >= 0.3 is 0 Å². The summed E-state index contributed by atoms with van der Waals surface area (Å²) in [7, 11) is 0. The molecule has 0 radical (unpaired) electrons. The molecular weight excluding hydrogens is 499 g/mol. The number of rotatable bonds is 6. The molecule has 8 heteroatoms. The number of phenolic OH excluding ortho intramolecular Hbond substituents is 1. The zero-order chi connectivity index (χ0) is 27.3. The summed E-state index contributed by atoms with van der Waals surface area (Å²) >= 11 is 0. The van der Waals surface area contributed by atoms with Crippen molar-refractivity contribution in [2.45, 2.75) is 44.5 Å². The Hall–Kier alpha value is -3.75. The number of hydrogen-bond acceptors (Lipinski definition) is 6. The van der Waals surface area contributed by atoms with Gasteiger partial charge in [0.25, 0.3) is 0 Å². The van der Waals surface area contributed by atoms with Gasteiger partial charge in [0.15, 0.2) is 17.4 Å². The Labute approximate surface area is 226 Å². The fourth-order valence-electron chi connectivity index (χ4n) is 6.73. The standard InChI is InChI=1S/C31H31FN2O5/c1-2-6-19-16-23-28(24-17-27(39-31(19,24)38)18-9-14-26(35)25(32)15-18)30(37)34(29(23)36)22-12-10-21(11-13-22)33-20-7-4-3-5-8-20/h3-5,7-15,19,23-24,27-28,33,35,38H,2,6,16-17H2,1H3/t19-,23-,24-,27-,28-,31+/m0/s1. The van der Waals surface area contributed by atoms with Gasteiger partial charge in [0.2, 0.25) is 11.8 Å².